The van der Waals surface area contributed by atoms with Crippen LogP contribution >= 0.6 is 0 Å². The Kier molecular flexibility index (Phi) is 16.7. The zero-order valence-corrected chi connectivity index (χ0v) is 16.5. The Morgan fingerprint density at radius 2 is 0.957 bits per heavy atom. The lowest BCUT2D eigenvalue weighted by atomic mass is 10.1. The molecule has 0 radical (unpaired) electrons. The summed E-state index contributed by atoms with van der Waals surface area (Å²) < 4.78 is 28.6. The normalized spacial score (nSPS) is 11.9. The second kappa shape index (κ2) is 16.8. The van der Waals surface area contributed by atoms with E-state index >= 15 is 0 Å². The third-order valence-electron chi connectivity index (χ3n) is 4.26. The molecule has 0 aromatic heterocycles. The second-order valence-electron chi connectivity index (χ2n) is 6.68. The first-order valence-corrected chi connectivity index (χ1v) is 11.6. The van der Waals surface area contributed by atoms with Crippen molar-refractivity contribution < 1.29 is 12.6 Å². The minimum atomic E-state index is -3.28. The molecule has 23 heavy (non-hydrogen) atoms. The van der Waals surface area contributed by atoms with Crippen molar-refractivity contribution in [3.8, 4) is 0 Å². The summed E-state index contributed by atoms with van der Waals surface area (Å²) in [5.74, 6) is 0.193. The van der Waals surface area contributed by atoms with Gasteiger partial charge in [-0.15, -0.1) is 0 Å². The van der Waals surface area contributed by atoms with Crippen LogP contribution in [0.2, 0.25) is 0 Å². The standard InChI is InChI=1S/C19H40O3S/c1-3-5-7-9-11-13-15-17-19-23(20,21)22-18-16-14-12-10-8-6-4-2/h3-19H2,1-2H3. The van der Waals surface area contributed by atoms with Crippen molar-refractivity contribution in [3.05, 3.63) is 0 Å². The van der Waals surface area contributed by atoms with Gasteiger partial charge in [0.25, 0.3) is 10.1 Å². The fraction of sp³-hybridized carbons (Fsp3) is 1.00. The van der Waals surface area contributed by atoms with E-state index in [1.807, 2.05) is 0 Å². The van der Waals surface area contributed by atoms with Crippen LogP contribution in [0, 0.1) is 0 Å². The number of hydrogen-bond acceptors (Lipinski definition) is 3. The van der Waals surface area contributed by atoms with Gasteiger partial charge in [-0.1, -0.05) is 97.3 Å². The lowest BCUT2D eigenvalue weighted by molar-refractivity contribution is 0.305. The largest absolute Gasteiger partial charge is 0.270 e. The summed E-state index contributed by atoms with van der Waals surface area (Å²) in [6.07, 6.45) is 17.6. The van der Waals surface area contributed by atoms with Crippen LogP contribution in [0.5, 0.6) is 0 Å². The summed E-state index contributed by atoms with van der Waals surface area (Å²) in [5.41, 5.74) is 0. The van der Waals surface area contributed by atoms with Gasteiger partial charge in [-0.2, -0.15) is 8.42 Å². The predicted octanol–water partition coefficient (Wildman–Crippen LogP) is 6.22. The average molecular weight is 349 g/mol. The Balaban J connectivity index is 3.37. The highest BCUT2D eigenvalue weighted by Crippen LogP contribution is 2.11. The van der Waals surface area contributed by atoms with Gasteiger partial charge in [-0.05, 0) is 12.8 Å². The first kappa shape index (κ1) is 22.9. The first-order chi connectivity index (χ1) is 11.1. The third-order valence-corrected chi connectivity index (χ3v) is 5.57. The summed E-state index contributed by atoms with van der Waals surface area (Å²) in [7, 11) is -3.28. The maximum Gasteiger partial charge on any atom is 0.267 e. The number of unbranched alkanes of at least 4 members (excludes halogenated alkanes) is 13. The van der Waals surface area contributed by atoms with E-state index in [2.05, 4.69) is 13.8 Å². The topological polar surface area (TPSA) is 43.4 Å². The fourth-order valence-electron chi connectivity index (χ4n) is 2.72. The molecular weight excluding hydrogens is 308 g/mol. The molecular formula is C19H40O3S. The number of rotatable bonds is 18. The Bertz CT molecular complexity index is 300. The van der Waals surface area contributed by atoms with Crippen LogP contribution in [-0.2, 0) is 14.3 Å². The maximum atomic E-state index is 11.8. The molecule has 0 spiro atoms. The van der Waals surface area contributed by atoms with Crippen molar-refractivity contribution in [2.24, 2.45) is 0 Å². The predicted molar refractivity (Wildman–Crippen MR) is 100 cm³/mol. The van der Waals surface area contributed by atoms with Crippen LogP contribution in [-0.4, -0.2) is 20.8 Å². The Labute approximate surface area is 145 Å². The van der Waals surface area contributed by atoms with E-state index in [-0.39, 0.29) is 5.75 Å². The molecule has 0 saturated carbocycles. The van der Waals surface area contributed by atoms with Crippen LogP contribution in [0.1, 0.15) is 110 Å². The molecule has 0 atom stereocenters. The van der Waals surface area contributed by atoms with Crippen molar-refractivity contribution in [2.75, 3.05) is 12.4 Å². The summed E-state index contributed by atoms with van der Waals surface area (Å²) in [5, 5.41) is 0. The van der Waals surface area contributed by atoms with Gasteiger partial charge in [0.05, 0.1) is 12.4 Å². The van der Waals surface area contributed by atoms with Crippen molar-refractivity contribution in [3.63, 3.8) is 0 Å². The Morgan fingerprint density at radius 1 is 0.565 bits per heavy atom. The summed E-state index contributed by atoms with van der Waals surface area (Å²) in [4.78, 5) is 0. The molecule has 0 rings (SSSR count). The molecule has 0 unspecified atom stereocenters. The first-order valence-electron chi connectivity index (χ1n) is 9.99. The molecule has 0 aromatic carbocycles. The van der Waals surface area contributed by atoms with Crippen LogP contribution in [0.3, 0.4) is 0 Å². The molecule has 140 valence electrons. The number of hydrogen-bond donors (Lipinski definition) is 0. The van der Waals surface area contributed by atoms with Crippen LogP contribution in [0.4, 0.5) is 0 Å². The molecule has 0 N–H and O–H groups in total. The lowest BCUT2D eigenvalue weighted by Gasteiger charge is -2.06. The van der Waals surface area contributed by atoms with Crippen molar-refractivity contribution in [2.45, 2.75) is 110 Å². The SMILES string of the molecule is CCCCCCCCCCS(=O)(=O)OCCCCCCCCC. The Hall–Kier alpha value is -0.0900. The van der Waals surface area contributed by atoms with Crippen molar-refractivity contribution in [1.29, 1.82) is 0 Å². The molecule has 0 aliphatic carbocycles. The molecule has 4 heteroatoms. The molecule has 0 bridgehead atoms. The molecule has 3 nitrogen and oxygen atoms in total. The minimum absolute atomic E-state index is 0.193. The molecule has 0 fully saturated rings. The van der Waals surface area contributed by atoms with Crippen LogP contribution < -0.4 is 0 Å². The zero-order chi connectivity index (χ0) is 17.2. The van der Waals surface area contributed by atoms with E-state index in [4.69, 9.17) is 4.18 Å². The fourth-order valence-corrected chi connectivity index (χ4v) is 3.76. The van der Waals surface area contributed by atoms with E-state index in [1.54, 1.807) is 0 Å². The van der Waals surface area contributed by atoms with Crippen molar-refractivity contribution >= 4 is 10.1 Å². The van der Waals surface area contributed by atoms with Gasteiger partial charge in [0.15, 0.2) is 0 Å². The molecule has 0 aliphatic heterocycles. The summed E-state index contributed by atoms with van der Waals surface area (Å²) in [6, 6.07) is 0. The average Bonchev–Trinajstić information content (AvgIpc) is 2.52. The minimum Gasteiger partial charge on any atom is -0.270 e. The van der Waals surface area contributed by atoms with E-state index < -0.39 is 10.1 Å². The molecule has 0 aromatic rings. The van der Waals surface area contributed by atoms with Gasteiger partial charge in [0.2, 0.25) is 0 Å². The third kappa shape index (κ3) is 18.1. The molecule has 0 aliphatic rings. The van der Waals surface area contributed by atoms with Crippen LogP contribution in [0.15, 0.2) is 0 Å². The van der Waals surface area contributed by atoms with E-state index in [9.17, 15) is 8.42 Å². The Morgan fingerprint density at radius 3 is 1.43 bits per heavy atom. The molecule has 0 saturated heterocycles. The second-order valence-corrected chi connectivity index (χ2v) is 8.44. The smallest absolute Gasteiger partial charge is 0.267 e. The van der Waals surface area contributed by atoms with Gasteiger partial charge in [0.1, 0.15) is 0 Å². The highest BCUT2D eigenvalue weighted by Gasteiger charge is 2.10. The van der Waals surface area contributed by atoms with Crippen molar-refractivity contribution in [1.82, 2.24) is 0 Å². The molecule has 0 amide bonds. The summed E-state index contributed by atoms with van der Waals surface area (Å²) >= 11 is 0. The zero-order valence-electron chi connectivity index (χ0n) is 15.7. The highest BCUT2D eigenvalue weighted by atomic mass is 32.2. The monoisotopic (exact) mass is 348 g/mol. The van der Waals surface area contributed by atoms with Crippen LogP contribution in [0.25, 0.3) is 0 Å². The molecule has 0 heterocycles. The van der Waals surface area contributed by atoms with Gasteiger partial charge in [-0.25, -0.2) is 0 Å². The van der Waals surface area contributed by atoms with Gasteiger partial charge in [0, 0.05) is 0 Å². The maximum absolute atomic E-state index is 11.8. The van der Waals surface area contributed by atoms with E-state index in [0.29, 0.717) is 6.61 Å². The van der Waals surface area contributed by atoms with Gasteiger partial charge >= 0.3 is 0 Å². The summed E-state index contributed by atoms with van der Waals surface area (Å²) in [6.45, 7) is 4.80. The quantitative estimate of drug-likeness (QED) is 0.218. The van der Waals surface area contributed by atoms with E-state index in [0.717, 1.165) is 32.1 Å². The van der Waals surface area contributed by atoms with E-state index in [1.165, 1.54) is 64.2 Å². The highest BCUT2D eigenvalue weighted by molar-refractivity contribution is 7.86. The van der Waals surface area contributed by atoms with Gasteiger partial charge < -0.3 is 0 Å². The lowest BCUT2D eigenvalue weighted by Crippen LogP contribution is -2.11. The van der Waals surface area contributed by atoms with Gasteiger partial charge in [-0.3, -0.25) is 4.18 Å².